The Labute approximate surface area is 571 Å². The Hall–Kier alpha value is -9.23. The number of carbonyl (C=O) groups is 9. The highest BCUT2D eigenvalue weighted by Crippen LogP contribution is 2.40. The molecule has 524 valence electrons. The molecule has 29 nitrogen and oxygen atoms in total. The van der Waals surface area contributed by atoms with Crippen LogP contribution in [0, 0.1) is 17.8 Å². The Morgan fingerprint density at radius 2 is 1.03 bits per heavy atom. The molecule has 2 aliphatic rings. The van der Waals surface area contributed by atoms with Crippen molar-refractivity contribution in [2.75, 3.05) is 40.3 Å². The summed E-state index contributed by atoms with van der Waals surface area (Å²) in [6, 6.07) is 9.97. The Kier molecular flexibility index (Phi) is 26.1. The van der Waals surface area contributed by atoms with Crippen LogP contribution in [0.5, 0.6) is 0 Å². The molecule has 0 radical (unpaired) electrons. The van der Waals surface area contributed by atoms with Crippen LogP contribution in [-0.4, -0.2) is 167 Å². The molecule has 8 rings (SSSR count). The van der Waals surface area contributed by atoms with Gasteiger partial charge in [-0.05, 0) is 131 Å². The van der Waals surface area contributed by atoms with E-state index in [1.165, 1.54) is 29.7 Å². The van der Waals surface area contributed by atoms with Gasteiger partial charge in [0.25, 0.3) is 11.8 Å². The lowest BCUT2D eigenvalue weighted by atomic mass is 9.94. The van der Waals surface area contributed by atoms with E-state index >= 15 is 0 Å². The first-order valence-corrected chi connectivity index (χ1v) is 34.0. The summed E-state index contributed by atoms with van der Waals surface area (Å²) in [4.78, 5) is 147. The van der Waals surface area contributed by atoms with Crippen molar-refractivity contribution in [2.24, 2.45) is 44.9 Å². The number of nitrogens with zero attached hydrogens (tertiary/aromatic N) is 10. The van der Waals surface area contributed by atoms with Gasteiger partial charge >= 0.3 is 18.2 Å². The van der Waals surface area contributed by atoms with Gasteiger partial charge in [0.2, 0.25) is 17.8 Å². The molecule has 2 saturated heterocycles. The number of ether oxygens (including phenoxy) is 3. The molecule has 0 aliphatic carbocycles. The highest BCUT2D eigenvalue weighted by atomic mass is 32.1. The van der Waals surface area contributed by atoms with Crippen LogP contribution in [-0.2, 0) is 28.6 Å². The number of likely N-dealkylation sites (tertiary alicyclic amines) is 2. The van der Waals surface area contributed by atoms with E-state index in [0.29, 0.717) is 97.2 Å². The van der Waals surface area contributed by atoms with Gasteiger partial charge in [0.05, 0.1) is 18.5 Å². The van der Waals surface area contributed by atoms with Crippen molar-refractivity contribution < 1.29 is 57.4 Å². The number of aromatic nitrogens is 6. The predicted octanol–water partition coefficient (Wildman–Crippen LogP) is 7.32. The van der Waals surface area contributed by atoms with Gasteiger partial charge < -0.3 is 60.6 Å². The molecule has 97 heavy (non-hydrogen) atoms. The molecular weight excluding hydrogens is 1290 g/mol. The molecular formula is C66H91N17O12S2. The standard InChI is InChI=1S/C41H58N8O9S.C25H33N9O3S/c1-39(2,3)56-32(51)20-25-19-29(49(22-25)35(53)27-23-48-18-14-12-16-31(48)44-27)34-45-28(24-59-34)30(50)21-26(33(52)42-10)15-11-13-17-43-36(46-37(54)57-40(4,5)6)47-38(55)58-41(7,8)9;1-29-22(36)15(6-2-4-8-30-25(27)28)10-20(35)18-14-38-23(32-18)19-11-16(26)12-34(19)24(37)17-13-33-9-5-3-7-21(33)31-17/h12,14,16,18,23-26,29H,11,13,15,17,19-22H2,1-10H3,(H,42,52)(H2,43,46,47,54,55);3,5,7,9,13-16,19H,2,4,6,8,10-12,26H2,1H3,(H,29,36)(H4,27,28,30)/t25-,26+,29-;15-,16-,19+/m01/s1. The summed E-state index contributed by atoms with van der Waals surface area (Å²) in [6.45, 7) is 16.9. The number of nitrogens with one attached hydrogen (secondary N) is 4. The lowest BCUT2D eigenvalue weighted by molar-refractivity contribution is -0.155. The third-order valence-electron chi connectivity index (χ3n) is 15.3. The molecule has 0 spiro atoms. The minimum atomic E-state index is -0.810. The van der Waals surface area contributed by atoms with Crippen LogP contribution >= 0.6 is 22.7 Å². The molecule has 0 unspecified atom stereocenters. The third kappa shape index (κ3) is 22.7. The Morgan fingerprint density at radius 3 is 1.46 bits per heavy atom. The predicted molar refractivity (Wildman–Crippen MR) is 366 cm³/mol. The maximum absolute atomic E-state index is 14.0. The molecule has 31 heteroatoms. The van der Waals surface area contributed by atoms with Crippen LogP contribution < -0.4 is 38.5 Å². The fourth-order valence-electron chi connectivity index (χ4n) is 11.0. The number of esters is 1. The summed E-state index contributed by atoms with van der Waals surface area (Å²) in [5.41, 5.74) is 17.0. The maximum atomic E-state index is 14.0. The number of nitrogens with two attached hydrogens (primary N) is 3. The first-order chi connectivity index (χ1) is 45.8. The molecule has 6 aromatic heterocycles. The molecule has 8 heterocycles. The lowest BCUT2D eigenvalue weighted by Crippen LogP contribution is -2.47. The van der Waals surface area contributed by atoms with Crippen molar-refractivity contribution in [3.63, 3.8) is 0 Å². The van der Waals surface area contributed by atoms with Crippen molar-refractivity contribution >= 4 is 99.2 Å². The van der Waals surface area contributed by atoms with Crippen LogP contribution in [0.2, 0.25) is 0 Å². The van der Waals surface area contributed by atoms with Gasteiger partial charge in [-0.2, -0.15) is 0 Å². The van der Waals surface area contributed by atoms with E-state index < -0.39 is 46.9 Å². The zero-order chi connectivity index (χ0) is 70.9. The summed E-state index contributed by atoms with van der Waals surface area (Å²) in [5, 5.41) is 14.7. The number of fused-ring (bicyclic) bond motifs is 2. The number of aliphatic imine (C=N–C) groups is 2. The van der Waals surface area contributed by atoms with E-state index in [-0.39, 0.29) is 115 Å². The topological polar surface area (TPSA) is 399 Å². The van der Waals surface area contributed by atoms with Crippen molar-refractivity contribution in [1.82, 2.24) is 59.8 Å². The molecule has 2 fully saturated rings. The fourth-order valence-corrected chi connectivity index (χ4v) is 12.9. The number of alkyl carbamates (subject to hydrolysis) is 2. The molecule has 2 aliphatic heterocycles. The summed E-state index contributed by atoms with van der Waals surface area (Å²) in [7, 11) is 3.06. The van der Waals surface area contributed by atoms with Crippen LogP contribution in [0.25, 0.3) is 11.3 Å². The van der Waals surface area contributed by atoms with Crippen molar-refractivity contribution in [3.05, 3.63) is 105 Å². The number of thiazole rings is 2. The Balaban J connectivity index is 0.000000300. The second-order valence-corrected chi connectivity index (χ2v) is 28.6. The number of amides is 6. The van der Waals surface area contributed by atoms with Gasteiger partial charge in [-0.15, -0.1) is 22.7 Å². The van der Waals surface area contributed by atoms with E-state index in [1.807, 2.05) is 36.5 Å². The molecule has 0 aromatic carbocycles. The number of unbranched alkanes of at least 4 members (excludes halogenated alkanes) is 2. The number of hydrogen-bond donors (Lipinski definition) is 7. The Morgan fingerprint density at radius 1 is 0.588 bits per heavy atom. The maximum Gasteiger partial charge on any atom is 0.414 e. The molecule has 6 aromatic rings. The first kappa shape index (κ1) is 75.2. The average Bonchev–Trinajstić information content (AvgIpc) is 1.64. The third-order valence-corrected chi connectivity index (χ3v) is 17.2. The second kappa shape index (κ2) is 33.6. The van der Waals surface area contributed by atoms with Gasteiger partial charge in [-0.25, -0.2) is 29.5 Å². The summed E-state index contributed by atoms with van der Waals surface area (Å²) in [6.07, 6.45) is 9.64. The number of carbonyl (C=O) groups excluding carboxylic acids is 9. The van der Waals surface area contributed by atoms with E-state index in [9.17, 15) is 43.2 Å². The van der Waals surface area contributed by atoms with Gasteiger partial charge in [0, 0.05) is 107 Å². The van der Waals surface area contributed by atoms with Crippen molar-refractivity contribution in [3.8, 4) is 0 Å². The SMILES string of the molecule is CNC(=O)[C@H](CCCCN=C(N)N)CC(=O)c1csc([C@@H]2C[C@@H](N)CN2C(=O)c2cn3ccccc3n2)n1.CNC(=O)[C@H](CCCCN=C(NC(=O)OC(C)(C)C)NC(=O)OC(C)(C)C)CC(=O)c1csc([C@@H]2C[C@@H](CC(=O)OC(C)(C)C)CN2C(=O)c2cn3ccccc3n2)n1. The minimum absolute atomic E-state index is 0.0317. The number of imidazole rings is 2. The van der Waals surface area contributed by atoms with Crippen LogP contribution in [0.4, 0.5) is 9.59 Å². The van der Waals surface area contributed by atoms with Crippen LogP contribution in [0.3, 0.4) is 0 Å². The zero-order valence-corrected chi connectivity index (χ0v) is 58.6. The van der Waals surface area contributed by atoms with Crippen molar-refractivity contribution in [1.29, 1.82) is 0 Å². The van der Waals surface area contributed by atoms with E-state index in [1.54, 1.807) is 123 Å². The van der Waals surface area contributed by atoms with Crippen LogP contribution in [0.1, 0.15) is 197 Å². The van der Waals surface area contributed by atoms with E-state index in [2.05, 4.69) is 51.2 Å². The Bertz CT molecular complexity index is 3730. The normalized spacial score (nSPS) is 16.9. The number of hydrogen-bond acceptors (Lipinski definition) is 21. The van der Waals surface area contributed by atoms with E-state index in [4.69, 9.17) is 31.4 Å². The summed E-state index contributed by atoms with van der Waals surface area (Å²) < 4.78 is 19.7. The highest BCUT2D eigenvalue weighted by Gasteiger charge is 2.42. The number of Topliss-reactive ketones (excluding diaryl/α,β-unsaturated/α-hetero) is 2. The molecule has 0 saturated carbocycles. The van der Waals surface area contributed by atoms with Gasteiger partial charge in [0.15, 0.2) is 17.5 Å². The molecule has 0 bridgehead atoms. The molecule has 6 amide bonds. The number of pyridine rings is 2. The molecule has 6 atom stereocenters. The monoisotopic (exact) mass is 1380 g/mol. The molecule has 10 N–H and O–H groups in total. The highest BCUT2D eigenvalue weighted by molar-refractivity contribution is 7.10. The van der Waals surface area contributed by atoms with Gasteiger partial charge in [0.1, 0.15) is 60.9 Å². The minimum Gasteiger partial charge on any atom is -0.460 e. The van der Waals surface area contributed by atoms with Crippen LogP contribution in [0.15, 0.2) is 81.9 Å². The number of guanidine groups is 2. The zero-order valence-electron chi connectivity index (χ0n) is 56.9. The lowest BCUT2D eigenvalue weighted by Gasteiger charge is -2.22. The summed E-state index contributed by atoms with van der Waals surface area (Å²) in [5.74, 6) is -3.42. The average molecular weight is 1380 g/mol. The van der Waals surface area contributed by atoms with Gasteiger partial charge in [-0.3, -0.25) is 54.2 Å². The quantitative estimate of drug-likeness (QED) is 0.00779. The first-order valence-electron chi connectivity index (χ1n) is 32.2. The smallest absolute Gasteiger partial charge is 0.414 e. The largest absolute Gasteiger partial charge is 0.460 e. The fraction of sp³-hybridized carbons (Fsp3) is 0.530. The number of ketones is 2. The van der Waals surface area contributed by atoms with E-state index in [0.717, 1.165) is 0 Å². The summed E-state index contributed by atoms with van der Waals surface area (Å²) >= 11 is 2.57. The van der Waals surface area contributed by atoms with Gasteiger partial charge in [-0.1, -0.05) is 25.0 Å². The number of rotatable bonds is 24. The second-order valence-electron chi connectivity index (χ2n) is 26.8. The van der Waals surface area contributed by atoms with Crippen molar-refractivity contribution in [2.45, 2.75) is 168 Å².